The van der Waals surface area contributed by atoms with Crippen LogP contribution in [0.5, 0.6) is 0 Å². The van der Waals surface area contributed by atoms with Crippen LogP contribution in [0.15, 0.2) is 79.3 Å². The third-order valence-electron chi connectivity index (χ3n) is 4.08. The number of nitrogens with zero attached hydrogens (tertiary/aromatic N) is 2. The number of carbonyl (C=O) groups is 1. The van der Waals surface area contributed by atoms with Crippen molar-refractivity contribution >= 4 is 23.2 Å². The molecule has 0 aliphatic carbocycles. The van der Waals surface area contributed by atoms with Crippen molar-refractivity contribution in [3.05, 3.63) is 89.8 Å². The van der Waals surface area contributed by atoms with Gasteiger partial charge in [0.05, 0.1) is 16.9 Å². The zero-order valence-corrected chi connectivity index (χ0v) is 14.9. The fourth-order valence-corrected chi connectivity index (χ4v) is 2.92. The van der Waals surface area contributed by atoms with E-state index >= 15 is 0 Å². The number of H-pyrrole nitrogens is 1. The minimum absolute atomic E-state index is 0.213. The Kier molecular flexibility index (Phi) is 4.68. The van der Waals surface area contributed by atoms with E-state index in [1.807, 2.05) is 30.3 Å². The van der Waals surface area contributed by atoms with Gasteiger partial charge in [0.15, 0.2) is 0 Å². The molecule has 0 atom stereocenters. The molecule has 0 aliphatic heterocycles. The van der Waals surface area contributed by atoms with Gasteiger partial charge < -0.3 is 10.3 Å². The molecule has 0 unspecified atom stereocenters. The third kappa shape index (κ3) is 3.73. The number of halogens is 1. The number of benzene rings is 2. The Morgan fingerprint density at radius 3 is 2.56 bits per heavy atom. The minimum Gasteiger partial charge on any atom is -0.338 e. The molecule has 0 spiro atoms. The lowest BCUT2D eigenvalue weighted by Gasteiger charge is -2.08. The van der Waals surface area contributed by atoms with Gasteiger partial charge in [-0.15, -0.1) is 0 Å². The van der Waals surface area contributed by atoms with Gasteiger partial charge in [-0.05, 0) is 35.9 Å². The summed E-state index contributed by atoms with van der Waals surface area (Å²) in [6.07, 6.45) is 4.93. The number of imidazole rings is 1. The van der Waals surface area contributed by atoms with Crippen LogP contribution in [-0.2, 0) is 0 Å². The smallest absolute Gasteiger partial charge is 0.255 e. The van der Waals surface area contributed by atoms with E-state index in [2.05, 4.69) is 20.3 Å². The van der Waals surface area contributed by atoms with Crippen LogP contribution in [0.1, 0.15) is 10.4 Å². The van der Waals surface area contributed by atoms with E-state index in [4.69, 9.17) is 11.6 Å². The van der Waals surface area contributed by atoms with E-state index in [-0.39, 0.29) is 5.91 Å². The highest BCUT2D eigenvalue weighted by Gasteiger charge is 2.12. The quantitative estimate of drug-likeness (QED) is 0.525. The maximum Gasteiger partial charge on any atom is 0.255 e. The van der Waals surface area contributed by atoms with Crippen molar-refractivity contribution in [3.8, 4) is 22.6 Å². The normalized spacial score (nSPS) is 10.6. The van der Waals surface area contributed by atoms with Crippen molar-refractivity contribution in [1.82, 2.24) is 15.0 Å². The zero-order valence-electron chi connectivity index (χ0n) is 14.2. The highest BCUT2D eigenvalue weighted by molar-refractivity contribution is 6.33. The van der Waals surface area contributed by atoms with Gasteiger partial charge >= 0.3 is 0 Å². The second kappa shape index (κ2) is 7.43. The molecule has 0 bridgehead atoms. The van der Waals surface area contributed by atoms with Gasteiger partial charge in [-0.25, -0.2) is 4.98 Å². The highest BCUT2D eigenvalue weighted by Crippen LogP contribution is 2.30. The van der Waals surface area contributed by atoms with Crippen LogP contribution in [0.3, 0.4) is 0 Å². The number of hydrogen-bond acceptors (Lipinski definition) is 3. The summed E-state index contributed by atoms with van der Waals surface area (Å²) in [5.41, 5.74) is 3.81. The number of pyridine rings is 1. The van der Waals surface area contributed by atoms with Crippen LogP contribution in [0.2, 0.25) is 5.02 Å². The molecule has 0 aliphatic rings. The largest absolute Gasteiger partial charge is 0.338 e. The van der Waals surface area contributed by atoms with E-state index < -0.39 is 0 Å². The lowest BCUT2D eigenvalue weighted by Crippen LogP contribution is -2.11. The SMILES string of the molecule is O=C(Nc1ccc(Cl)c(-c2ncc(-c3ccccc3)[nH]2)c1)c1ccncc1. The Balaban J connectivity index is 1.62. The maximum absolute atomic E-state index is 12.3. The molecule has 0 saturated heterocycles. The predicted octanol–water partition coefficient (Wildman–Crippen LogP) is 5.04. The van der Waals surface area contributed by atoms with Crippen LogP contribution in [0.4, 0.5) is 5.69 Å². The van der Waals surface area contributed by atoms with Crippen molar-refractivity contribution in [2.45, 2.75) is 0 Å². The van der Waals surface area contributed by atoms with Gasteiger partial charge in [0, 0.05) is 29.2 Å². The molecule has 2 N–H and O–H groups in total. The number of carbonyl (C=O) groups excluding carboxylic acids is 1. The number of aromatic amines is 1. The lowest BCUT2D eigenvalue weighted by atomic mass is 10.1. The van der Waals surface area contributed by atoms with E-state index in [1.54, 1.807) is 48.9 Å². The number of hydrogen-bond donors (Lipinski definition) is 2. The van der Waals surface area contributed by atoms with Crippen LogP contribution in [-0.4, -0.2) is 20.9 Å². The first kappa shape index (κ1) is 17.0. The van der Waals surface area contributed by atoms with Gasteiger partial charge in [-0.1, -0.05) is 41.9 Å². The van der Waals surface area contributed by atoms with Crippen molar-refractivity contribution in [1.29, 1.82) is 0 Å². The first-order chi connectivity index (χ1) is 13.2. The Morgan fingerprint density at radius 1 is 1.00 bits per heavy atom. The molecule has 1 amide bonds. The van der Waals surface area contributed by atoms with Crippen molar-refractivity contribution in [2.24, 2.45) is 0 Å². The van der Waals surface area contributed by atoms with E-state index in [0.29, 0.717) is 27.7 Å². The van der Waals surface area contributed by atoms with E-state index in [0.717, 1.165) is 11.3 Å². The average Bonchev–Trinajstić information content (AvgIpc) is 3.21. The van der Waals surface area contributed by atoms with Crippen LogP contribution >= 0.6 is 11.6 Å². The average molecular weight is 375 g/mol. The molecule has 6 heteroatoms. The Bertz CT molecular complexity index is 1080. The summed E-state index contributed by atoms with van der Waals surface area (Å²) in [4.78, 5) is 24.0. The standard InChI is InChI=1S/C21H15ClN4O/c22-18-7-6-16(25-21(27)15-8-10-23-11-9-15)12-17(18)20-24-13-19(26-20)14-4-2-1-3-5-14/h1-13H,(H,24,26)(H,25,27). The Hall–Kier alpha value is -3.44. The summed E-state index contributed by atoms with van der Waals surface area (Å²) in [5.74, 6) is 0.425. The first-order valence-corrected chi connectivity index (χ1v) is 8.70. The van der Waals surface area contributed by atoms with Crippen molar-refractivity contribution < 1.29 is 4.79 Å². The number of anilines is 1. The molecular formula is C21H15ClN4O. The van der Waals surface area contributed by atoms with Crippen molar-refractivity contribution in [3.63, 3.8) is 0 Å². The van der Waals surface area contributed by atoms with Gasteiger partial charge in [0.1, 0.15) is 5.82 Å². The second-order valence-electron chi connectivity index (χ2n) is 5.90. The fraction of sp³-hybridized carbons (Fsp3) is 0. The minimum atomic E-state index is -0.213. The predicted molar refractivity (Wildman–Crippen MR) is 107 cm³/mol. The monoisotopic (exact) mass is 374 g/mol. The fourth-order valence-electron chi connectivity index (χ4n) is 2.71. The molecule has 0 saturated carbocycles. The van der Waals surface area contributed by atoms with E-state index in [9.17, 15) is 4.79 Å². The molecule has 4 rings (SSSR count). The molecular weight excluding hydrogens is 360 g/mol. The number of amides is 1. The molecule has 2 heterocycles. The van der Waals surface area contributed by atoms with Gasteiger partial charge in [0.2, 0.25) is 0 Å². The van der Waals surface area contributed by atoms with E-state index in [1.165, 1.54) is 0 Å². The summed E-state index contributed by atoms with van der Waals surface area (Å²) in [6, 6.07) is 18.5. The van der Waals surface area contributed by atoms with Crippen LogP contribution in [0.25, 0.3) is 22.6 Å². The molecule has 5 nitrogen and oxygen atoms in total. The second-order valence-corrected chi connectivity index (χ2v) is 6.30. The topological polar surface area (TPSA) is 70.7 Å². The molecule has 4 aromatic rings. The Morgan fingerprint density at radius 2 is 1.78 bits per heavy atom. The van der Waals surface area contributed by atoms with Crippen LogP contribution < -0.4 is 5.32 Å². The lowest BCUT2D eigenvalue weighted by molar-refractivity contribution is 0.102. The van der Waals surface area contributed by atoms with Gasteiger partial charge in [-0.3, -0.25) is 9.78 Å². The summed E-state index contributed by atoms with van der Waals surface area (Å²) >= 11 is 6.36. The van der Waals surface area contributed by atoms with Crippen molar-refractivity contribution in [2.75, 3.05) is 5.32 Å². The summed E-state index contributed by atoms with van der Waals surface area (Å²) in [7, 11) is 0. The van der Waals surface area contributed by atoms with Gasteiger partial charge in [-0.2, -0.15) is 0 Å². The van der Waals surface area contributed by atoms with Gasteiger partial charge in [0.25, 0.3) is 5.91 Å². The maximum atomic E-state index is 12.3. The zero-order chi connectivity index (χ0) is 18.6. The first-order valence-electron chi connectivity index (χ1n) is 8.32. The number of rotatable bonds is 4. The summed E-state index contributed by atoms with van der Waals surface area (Å²) < 4.78 is 0. The highest BCUT2D eigenvalue weighted by atomic mass is 35.5. The molecule has 2 aromatic carbocycles. The number of aromatic nitrogens is 3. The van der Waals surface area contributed by atoms with Crippen LogP contribution in [0, 0.1) is 0 Å². The summed E-state index contributed by atoms with van der Waals surface area (Å²) in [5, 5.41) is 3.41. The Labute approximate surface area is 161 Å². The number of nitrogens with one attached hydrogen (secondary N) is 2. The molecule has 132 valence electrons. The molecule has 2 aromatic heterocycles. The molecule has 27 heavy (non-hydrogen) atoms. The summed E-state index contributed by atoms with van der Waals surface area (Å²) in [6.45, 7) is 0. The third-order valence-corrected chi connectivity index (χ3v) is 4.41. The molecule has 0 fully saturated rings. The molecule has 0 radical (unpaired) electrons.